The van der Waals surface area contributed by atoms with E-state index in [1.807, 2.05) is 19.9 Å². The van der Waals surface area contributed by atoms with Crippen molar-refractivity contribution in [2.45, 2.75) is 44.4 Å². The van der Waals surface area contributed by atoms with Gasteiger partial charge in [0, 0.05) is 6.54 Å². The van der Waals surface area contributed by atoms with Crippen LogP contribution in [-0.2, 0) is 16.3 Å². The normalized spacial score (nSPS) is 18.1. The quantitative estimate of drug-likeness (QED) is 0.815. The summed E-state index contributed by atoms with van der Waals surface area (Å²) in [6.45, 7) is 7.50. The van der Waals surface area contributed by atoms with Gasteiger partial charge < -0.3 is 5.32 Å². The molecule has 3 rings (SSSR count). The average molecular weight is 388 g/mol. The zero-order valence-corrected chi connectivity index (χ0v) is 16.9. The summed E-state index contributed by atoms with van der Waals surface area (Å²) >= 11 is 0. The predicted molar refractivity (Wildman–Crippen MR) is 108 cm³/mol. The van der Waals surface area contributed by atoms with Gasteiger partial charge in [0.15, 0.2) is 0 Å². The number of sulfone groups is 1. The van der Waals surface area contributed by atoms with Gasteiger partial charge in [0.25, 0.3) is 0 Å². The van der Waals surface area contributed by atoms with Gasteiger partial charge in [-0.05, 0) is 85.7 Å². The molecule has 27 heavy (non-hydrogen) atoms. The van der Waals surface area contributed by atoms with E-state index < -0.39 is 15.7 Å². The Labute approximate surface area is 161 Å². The lowest BCUT2D eigenvalue weighted by atomic mass is 9.94. The largest absolute Gasteiger partial charge is 0.316 e. The Bertz CT molecular complexity index is 974. The zero-order valence-electron chi connectivity index (χ0n) is 16.0. The van der Waals surface area contributed by atoms with Crippen molar-refractivity contribution in [2.24, 2.45) is 0 Å². The zero-order chi connectivity index (χ0) is 19.6. The second-order valence-electron chi connectivity index (χ2n) is 7.02. The van der Waals surface area contributed by atoms with Crippen LogP contribution in [0.25, 0.3) is 4.91 Å². The van der Waals surface area contributed by atoms with Crippen molar-refractivity contribution in [3.8, 4) is 0 Å². The number of hydrogen-bond acceptors (Lipinski definition) is 3. The molecule has 1 N–H and O–H groups in total. The Morgan fingerprint density at radius 2 is 2.04 bits per heavy atom. The van der Waals surface area contributed by atoms with E-state index in [1.54, 1.807) is 31.2 Å². The molecule has 0 aromatic heterocycles. The molecule has 0 radical (unpaired) electrons. The molecule has 1 fully saturated rings. The lowest BCUT2D eigenvalue weighted by Crippen LogP contribution is -2.10. The maximum Gasteiger partial charge on any atom is 0.206 e. The lowest BCUT2D eigenvalue weighted by Gasteiger charge is -2.16. The number of benzene rings is 2. The fraction of sp³-hybridized carbons (Fsp3) is 0.364. The second kappa shape index (κ2) is 7.95. The first kappa shape index (κ1) is 19.8. The maximum atomic E-state index is 13.8. The molecule has 0 saturated carbocycles. The number of aryl methyl sites for hydroxylation is 2. The van der Waals surface area contributed by atoms with Gasteiger partial charge in [-0.2, -0.15) is 0 Å². The average Bonchev–Trinajstić information content (AvgIpc) is 3.16. The monoisotopic (exact) mass is 387 g/mol. The molecule has 0 spiro atoms. The molecule has 1 saturated heterocycles. The molecule has 144 valence electrons. The highest BCUT2D eigenvalue weighted by Crippen LogP contribution is 2.33. The van der Waals surface area contributed by atoms with Crippen LogP contribution in [0, 0.1) is 12.7 Å². The number of hydrogen-bond donors (Lipinski definition) is 1. The summed E-state index contributed by atoms with van der Waals surface area (Å²) < 4.78 is 40.5. The SMILES string of the molecule is C/C=C(\c1cc(F)ccc1CC)S(=O)(=O)c1ccc(C2CCNC2)c(C)c1. The van der Waals surface area contributed by atoms with Gasteiger partial charge in [-0.25, -0.2) is 12.8 Å². The van der Waals surface area contributed by atoms with Crippen LogP contribution in [0.1, 0.15) is 48.4 Å². The Morgan fingerprint density at radius 1 is 1.26 bits per heavy atom. The van der Waals surface area contributed by atoms with E-state index in [1.165, 1.54) is 17.7 Å². The van der Waals surface area contributed by atoms with Crippen LogP contribution in [0.3, 0.4) is 0 Å². The fourth-order valence-corrected chi connectivity index (χ4v) is 5.49. The third-order valence-electron chi connectivity index (χ3n) is 5.32. The number of halogens is 1. The first-order valence-corrected chi connectivity index (χ1v) is 10.9. The van der Waals surface area contributed by atoms with Gasteiger partial charge in [-0.1, -0.05) is 25.1 Å². The highest BCUT2D eigenvalue weighted by molar-refractivity contribution is 8.00. The molecule has 1 unspecified atom stereocenters. The summed E-state index contributed by atoms with van der Waals surface area (Å²) in [7, 11) is -3.74. The first-order chi connectivity index (χ1) is 12.9. The van der Waals surface area contributed by atoms with Crippen LogP contribution in [-0.4, -0.2) is 21.5 Å². The molecule has 0 aliphatic carbocycles. The highest BCUT2D eigenvalue weighted by atomic mass is 32.2. The standard InChI is InChI=1S/C22H26FNO2S/c1-4-16-6-7-18(23)13-21(16)22(5-2)27(25,26)19-8-9-20(15(3)12-19)17-10-11-24-14-17/h5-9,12-13,17,24H,4,10-11,14H2,1-3H3/b22-5+. The summed E-state index contributed by atoms with van der Waals surface area (Å²) in [5, 5.41) is 3.35. The van der Waals surface area contributed by atoms with Gasteiger partial charge >= 0.3 is 0 Å². The van der Waals surface area contributed by atoms with E-state index >= 15 is 0 Å². The van der Waals surface area contributed by atoms with Crippen molar-refractivity contribution in [1.82, 2.24) is 5.32 Å². The van der Waals surface area contributed by atoms with Crippen LogP contribution < -0.4 is 5.32 Å². The molecule has 0 amide bonds. The molecular weight excluding hydrogens is 361 g/mol. The molecule has 1 heterocycles. The van der Waals surface area contributed by atoms with Crippen LogP contribution in [0.5, 0.6) is 0 Å². The van der Waals surface area contributed by atoms with Gasteiger partial charge in [-0.15, -0.1) is 0 Å². The molecule has 3 nitrogen and oxygen atoms in total. The molecule has 2 aromatic rings. The van der Waals surface area contributed by atoms with Crippen molar-refractivity contribution >= 4 is 14.7 Å². The van der Waals surface area contributed by atoms with Crippen LogP contribution >= 0.6 is 0 Å². The topological polar surface area (TPSA) is 46.2 Å². The minimum absolute atomic E-state index is 0.161. The van der Waals surface area contributed by atoms with Gasteiger partial charge in [0.1, 0.15) is 5.82 Å². The molecular formula is C22H26FNO2S. The van der Waals surface area contributed by atoms with Gasteiger partial charge in [0.05, 0.1) is 9.80 Å². The van der Waals surface area contributed by atoms with E-state index in [4.69, 9.17) is 0 Å². The van der Waals surface area contributed by atoms with E-state index in [2.05, 4.69) is 5.32 Å². The van der Waals surface area contributed by atoms with Crippen molar-refractivity contribution in [3.05, 3.63) is 70.5 Å². The Balaban J connectivity index is 2.05. The summed E-state index contributed by atoms with van der Waals surface area (Å²) in [6, 6.07) is 9.71. The molecule has 1 aliphatic rings. The van der Waals surface area contributed by atoms with E-state index in [0.29, 0.717) is 17.9 Å². The Kier molecular flexibility index (Phi) is 5.82. The molecule has 5 heteroatoms. The minimum Gasteiger partial charge on any atom is -0.316 e. The molecule has 1 atom stereocenters. The number of rotatable bonds is 5. The van der Waals surface area contributed by atoms with Gasteiger partial charge in [0.2, 0.25) is 9.84 Å². The number of nitrogens with one attached hydrogen (secondary N) is 1. The predicted octanol–water partition coefficient (Wildman–Crippen LogP) is 4.61. The third kappa shape index (κ3) is 3.85. The van der Waals surface area contributed by atoms with E-state index in [0.717, 1.165) is 30.6 Å². The smallest absolute Gasteiger partial charge is 0.206 e. The van der Waals surface area contributed by atoms with E-state index in [-0.39, 0.29) is 9.80 Å². The lowest BCUT2D eigenvalue weighted by molar-refractivity contribution is 0.605. The minimum atomic E-state index is -3.74. The van der Waals surface area contributed by atoms with Gasteiger partial charge in [-0.3, -0.25) is 0 Å². The van der Waals surface area contributed by atoms with Crippen molar-refractivity contribution in [2.75, 3.05) is 13.1 Å². The number of allylic oxidation sites excluding steroid dienone is 1. The summed E-state index contributed by atoms with van der Waals surface area (Å²) in [6.07, 6.45) is 3.26. The van der Waals surface area contributed by atoms with Crippen molar-refractivity contribution in [3.63, 3.8) is 0 Å². The molecule has 0 bridgehead atoms. The van der Waals surface area contributed by atoms with Crippen molar-refractivity contribution in [1.29, 1.82) is 0 Å². The summed E-state index contributed by atoms with van der Waals surface area (Å²) in [4.78, 5) is 0.419. The summed E-state index contributed by atoms with van der Waals surface area (Å²) in [5.74, 6) is -0.00475. The maximum absolute atomic E-state index is 13.8. The molecule has 2 aromatic carbocycles. The fourth-order valence-electron chi connectivity index (χ4n) is 3.86. The second-order valence-corrected chi connectivity index (χ2v) is 8.94. The van der Waals surface area contributed by atoms with Crippen LogP contribution in [0.2, 0.25) is 0 Å². The first-order valence-electron chi connectivity index (χ1n) is 9.40. The summed E-state index contributed by atoms with van der Waals surface area (Å²) in [5.41, 5.74) is 3.44. The van der Waals surface area contributed by atoms with Crippen LogP contribution in [0.15, 0.2) is 47.4 Å². The Morgan fingerprint density at radius 3 is 2.63 bits per heavy atom. The highest BCUT2D eigenvalue weighted by Gasteiger charge is 2.26. The molecule has 1 aliphatic heterocycles. The van der Waals surface area contributed by atoms with Crippen LogP contribution in [0.4, 0.5) is 4.39 Å². The van der Waals surface area contributed by atoms with E-state index in [9.17, 15) is 12.8 Å². The Hall–Kier alpha value is -1.98. The third-order valence-corrected chi connectivity index (χ3v) is 7.23. The van der Waals surface area contributed by atoms with Crippen molar-refractivity contribution < 1.29 is 12.8 Å².